The van der Waals surface area contributed by atoms with Crippen LogP contribution in [-0.4, -0.2) is 35.1 Å². The van der Waals surface area contributed by atoms with Crippen molar-refractivity contribution in [3.8, 4) is 0 Å². The van der Waals surface area contributed by atoms with Crippen LogP contribution in [0.15, 0.2) is 29.4 Å². The summed E-state index contributed by atoms with van der Waals surface area (Å²) in [5, 5.41) is 13.9. The van der Waals surface area contributed by atoms with Gasteiger partial charge in [-0.25, -0.2) is 9.18 Å². The molecule has 0 saturated heterocycles. The summed E-state index contributed by atoms with van der Waals surface area (Å²) in [5.41, 5.74) is 5.74. The molecule has 0 aliphatic heterocycles. The summed E-state index contributed by atoms with van der Waals surface area (Å²) >= 11 is 0. The molecule has 0 aromatic heterocycles. The number of benzene rings is 1. The fraction of sp³-hybridized carbons (Fsp3) is 0.333. The van der Waals surface area contributed by atoms with Gasteiger partial charge in [-0.1, -0.05) is 11.2 Å². The topological polar surface area (TPSA) is 91.0 Å². The third-order valence-electron chi connectivity index (χ3n) is 2.69. The summed E-state index contributed by atoms with van der Waals surface area (Å²) in [5.74, 6) is -0.386. The van der Waals surface area contributed by atoms with Crippen molar-refractivity contribution in [2.45, 2.75) is 19.4 Å². The first kappa shape index (κ1) is 14.7. The average molecular weight is 268 g/mol. The van der Waals surface area contributed by atoms with E-state index in [1.54, 1.807) is 20.0 Å². The molecule has 0 radical (unpaired) electrons. The first-order valence-electron chi connectivity index (χ1n) is 5.69. The van der Waals surface area contributed by atoms with Crippen LogP contribution < -0.4 is 11.1 Å². The largest absolute Gasteiger partial charge is 0.409 e. The summed E-state index contributed by atoms with van der Waals surface area (Å²) in [6.45, 7) is 1.75. The van der Waals surface area contributed by atoms with Crippen molar-refractivity contribution >= 4 is 17.6 Å². The molecule has 0 saturated carbocycles. The number of nitrogens with zero attached hydrogens (tertiary/aromatic N) is 2. The van der Waals surface area contributed by atoms with E-state index in [4.69, 9.17) is 10.9 Å². The predicted molar refractivity (Wildman–Crippen MR) is 70.7 cm³/mol. The number of amidine groups is 1. The van der Waals surface area contributed by atoms with Crippen molar-refractivity contribution in [2.75, 3.05) is 12.4 Å². The van der Waals surface area contributed by atoms with Crippen molar-refractivity contribution in [3.05, 3.63) is 30.1 Å². The molecule has 1 atom stereocenters. The highest BCUT2D eigenvalue weighted by Crippen LogP contribution is 2.11. The van der Waals surface area contributed by atoms with Crippen LogP contribution in [0.3, 0.4) is 0 Å². The molecule has 4 N–H and O–H groups in total. The van der Waals surface area contributed by atoms with Crippen LogP contribution in [0.4, 0.5) is 14.9 Å². The molecule has 7 heteroatoms. The summed E-state index contributed by atoms with van der Waals surface area (Å²) in [7, 11) is 1.57. The van der Waals surface area contributed by atoms with Gasteiger partial charge in [-0.2, -0.15) is 0 Å². The molecule has 6 nitrogen and oxygen atoms in total. The zero-order chi connectivity index (χ0) is 14.4. The number of carbonyl (C=O) groups is 1. The van der Waals surface area contributed by atoms with E-state index < -0.39 is 11.8 Å². The molecule has 1 aromatic carbocycles. The molecule has 1 rings (SSSR count). The maximum atomic E-state index is 13.0. The first-order valence-corrected chi connectivity index (χ1v) is 5.69. The van der Waals surface area contributed by atoms with Gasteiger partial charge >= 0.3 is 6.03 Å². The van der Waals surface area contributed by atoms with E-state index >= 15 is 0 Å². The first-order chi connectivity index (χ1) is 8.93. The van der Waals surface area contributed by atoms with Crippen LogP contribution >= 0.6 is 0 Å². The Morgan fingerprint density at radius 3 is 2.89 bits per heavy atom. The number of anilines is 1. The number of oxime groups is 1. The molecule has 104 valence electrons. The summed E-state index contributed by atoms with van der Waals surface area (Å²) in [4.78, 5) is 13.3. The van der Waals surface area contributed by atoms with Gasteiger partial charge in [0.1, 0.15) is 11.7 Å². The van der Waals surface area contributed by atoms with E-state index in [9.17, 15) is 9.18 Å². The number of urea groups is 1. The molecule has 0 fully saturated rings. The van der Waals surface area contributed by atoms with Gasteiger partial charge in [-0.3, -0.25) is 0 Å². The Morgan fingerprint density at radius 1 is 1.63 bits per heavy atom. The van der Waals surface area contributed by atoms with Crippen LogP contribution in [0.1, 0.15) is 13.3 Å². The second-order valence-corrected chi connectivity index (χ2v) is 4.20. The average Bonchev–Trinajstić information content (AvgIpc) is 2.37. The van der Waals surface area contributed by atoms with Crippen molar-refractivity contribution in [2.24, 2.45) is 10.9 Å². The van der Waals surface area contributed by atoms with Gasteiger partial charge in [0.05, 0.1) is 0 Å². The van der Waals surface area contributed by atoms with Crippen LogP contribution in [0.2, 0.25) is 0 Å². The van der Waals surface area contributed by atoms with Gasteiger partial charge in [0, 0.05) is 25.2 Å². The number of hydrogen-bond acceptors (Lipinski definition) is 3. The van der Waals surface area contributed by atoms with Gasteiger partial charge in [-0.15, -0.1) is 0 Å². The van der Waals surface area contributed by atoms with Gasteiger partial charge in [0.25, 0.3) is 0 Å². The number of rotatable bonds is 4. The van der Waals surface area contributed by atoms with Crippen molar-refractivity contribution in [3.63, 3.8) is 0 Å². The van der Waals surface area contributed by atoms with Gasteiger partial charge < -0.3 is 21.2 Å². The second-order valence-electron chi connectivity index (χ2n) is 4.20. The molecular weight excluding hydrogens is 251 g/mol. The maximum absolute atomic E-state index is 13.0. The Morgan fingerprint density at radius 2 is 2.32 bits per heavy atom. The van der Waals surface area contributed by atoms with Gasteiger partial charge in [0.2, 0.25) is 0 Å². The minimum absolute atomic E-state index is 0.0397. The van der Waals surface area contributed by atoms with E-state index in [-0.39, 0.29) is 18.3 Å². The molecule has 1 aromatic rings. The molecule has 0 bridgehead atoms. The van der Waals surface area contributed by atoms with E-state index in [0.717, 1.165) is 0 Å². The molecule has 19 heavy (non-hydrogen) atoms. The standard InChI is InChI=1S/C12H17FN4O2/c1-8(6-11(14)16-19)17(2)12(18)15-10-5-3-4-9(13)7-10/h3-5,7-8,19H,6H2,1-2H3,(H2,14,16)(H,15,18). The highest BCUT2D eigenvalue weighted by molar-refractivity contribution is 5.90. The quantitative estimate of drug-likeness (QED) is 0.336. The van der Waals surface area contributed by atoms with E-state index in [1.807, 2.05) is 0 Å². The predicted octanol–water partition coefficient (Wildman–Crippen LogP) is 1.81. The fourth-order valence-corrected chi connectivity index (χ4v) is 1.46. The van der Waals surface area contributed by atoms with Crippen LogP contribution in [-0.2, 0) is 0 Å². The number of nitrogens with two attached hydrogens (primary N) is 1. The normalized spacial score (nSPS) is 12.9. The lowest BCUT2D eigenvalue weighted by Crippen LogP contribution is -2.40. The second kappa shape index (κ2) is 6.58. The SMILES string of the molecule is CC(CC(N)=NO)N(C)C(=O)Nc1cccc(F)c1. The van der Waals surface area contributed by atoms with Gasteiger partial charge in [-0.05, 0) is 25.1 Å². The molecule has 0 heterocycles. The monoisotopic (exact) mass is 268 g/mol. The van der Waals surface area contributed by atoms with E-state index in [1.165, 1.54) is 23.1 Å². The Bertz CT molecular complexity index is 479. The Kier molecular flexibility index (Phi) is 5.11. The molecule has 0 spiro atoms. The highest BCUT2D eigenvalue weighted by atomic mass is 19.1. The third kappa shape index (κ3) is 4.46. The molecule has 0 aliphatic rings. The zero-order valence-electron chi connectivity index (χ0n) is 10.8. The number of hydrogen-bond donors (Lipinski definition) is 3. The smallest absolute Gasteiger partial charge is 0.321 e. The molecule has 1 unspecified atom stereocenters. The number of amides is 2. The van der Waals surface area contributed by atoms with Crippen molar-refractivity contribution < 1.29 is 14.4 Å². The lowest BCUT2D eigenvalue weighted by molar-refractivity contribution is 0.208. The Balaban J connectivity index is 2.62. The summed E-state index contributed by atoms with van der Waals surface area (Å²) < 4.78 is 13.0. The van der Waals surface area contributed by atoms with Crippen LogP contribution in [0, 0.1) is 5.82 Å². The van der Waals surface area contributed by atoms with Crippen molar-refractivity contribution in [1.82, 2.24) is 4.90 Å². The molecule has 0 aliphatic carbocycles. The number of halogens is 1. The van der Waals surface area contributed by atoms with E-state index in [0.29, 0.717) is 5.69 Å². The van der Waals surface area contributed by atoms with Crippen LogP contribution in [0.25, 0.3) is 0 Å². The molecular formula is C12H17FN4O2. The number of carbonyl (C=O) groups excluding carboxylic acids is 1. The maximum Gasteiger partial charge on any atom is 0.321 e. The minimum atomic E-state index is -0.426. The van der Waals surface area contributed by atoms with Crippen molar-refractivity contribution in [1.29, 1.82) is 0 Å². The lowest BCUT2D eigenvalue weighted by Gasteiger charge is -2.24. The summed E-state index contributed by atoms with van der Waals surface area (Å²) in [6.07, 6.45) is 0.240. The Hall–Kier alpha value is -2.31. The number of nitrogens with one attached hydrogen (secondary N) is 1. The third-order valence-corrected chi connectivity index (χ3v) is 2.69. The fourth-order valence-electron chi connectivity index (χ4n) is 1.46. The van der Waals surface area contributed by atoms with E-state index in [2.05, 4.69) is 10.5 Å². The summed E-state index contributed by atoms with van der Waals surface area (Å²) in [6, 6.07) is 4.95. The Labute approximate surface area is 110 Å². The highest BCUT2D eigenvalue weighted by Gasteiger charge is 2.17. The van der Waals surface area contributed by atoms with Gasteiger partial charge in [0.15, 0.2) is 0 Å². The lowest BCUT2D eigenvalue weighted by atomic mass is 10.2. The minimum Gasteiger partial charge on any atom is -0.409 e. The zero-order valence-corrected chi connectivity index (χ0v) is 10.8. The molecule has 2 amide bonds. The van der Waals surface area contributed by atoms with Crippen LogP contribution in [0.5, 0.6) is 0 Å².